The van der Waals surface area contributed by atoms with Gasteiger partial charge >= 0.3 is 0 Å². The standard InChI is InChI=1S/C17H18N2O3S/c1-18(10-13-7-9-23-12-13)16(20)6-8-19-14-4-2-3-5-15(14)22-11-17(19)21/h2-5,7,9,12H,6,8,10-11H2,1H3. The van der Waals surface area contributed by atoms with E-state index in [1.54, 1.807) is 28.2 Å². The van der Waals surface area contributed by atoms with Crippen molar-refractivity contribution in [3.8, 4) is 5.75 Å². The summed E-state index contributed by atoms with van der Waals surface area (Å²) in [6.45, 7) is 0.984. The van der Waals surface area contributed by atoms with Crippen LogP contribution in [0.2, 0.25) is 0 Å². The molecule has 3 rings (SSSR count). The molecule has 2 aromatic rings. The minimum atomic E-state index is -0.114. The summed E-state index contributed by atoms with van der Waals surface area (Å²) in [5.74, 6) is 0.594. The zero-order valence-corrected chi connectivity index (χ0v) is 13.7. The maximum Gasteiger partial charge on any atom is 0.265 e. The van der Waals surface area contributed by atoms with Crippen molar-refractivity contribution in [2.24, 2.45) is 0 Å². The van der Waals surface area contributed by atoms with Crippen LogP contribution in [-0.2, 0) is 16.1 Å². The molecule has 0 aliphatic carbocycles. The Labute approximate surface area is 139 Å². The molecule has 1 aliphatic heterocycles. The number of carbonyl (C=O) groups excluding carboxylic acids is 2. The molecule has 5 nitrogen and oxygen atoms in total. The van der Waals surface area contributed by atoms with Crippen molar-refractivity contribution in [3.05, 3.63) is 46.7 Å². The van der Waals surface area contributed by atoms with Gasteiger partial charge in [0.05, 0.1) is 5.69 Å². The third-order valence-corrected chi connectivity index (χ3v) is 4.52. The quantitative estimate of drug-likeness (QED) is 0.846. The molecular formula is C17H18N2O3S. The van der Waals surface area contributed by atoms with Gasteiger partial charge in [0.1, 0.15) is 5.75 Å². The number of hydrogen-bond acceptors (Lipinski definition) is 4. The van der Waals surface area contributed by atoms with Crippen molar-refractivity contribution in [3.63, 3.8) is 0 Å². The predicted molar refractivity (Wildman–Crippen MR) is 89.7 cm³/mol. The van der Waals surface area contributed by atoms with E-state index in [-0.39, 0.29) is 18.4 Å². The summed E-state index contributed by atoms with van der Waals surface area (Å²) in [4.78, 5) is 27.7. The summed E-state index contributed by atoms with van der Waals surface area (Å²) in [6.07, 6.45) is 0.292. The molecule has 0 radical (unpaired) electrons. The number of rotatable bonds is 5. The maximum absolute atomic E-state index is 12.3. The number of hydrogen-bond donors (Lipinski definition) is 0. The lowest BCUT2D eigenvalue weighted by atomic mass is 10.2. The van der Waals surface area contributed by atoms with Crippen LogP contribution in [-0.4, -0.2) is 36.9 Å². The van der Waals surface area contributed by atoms with E-state index in [2.05, 4.69) is 0 Å². The monoisotopic (exact) mass is 330 g/mol. The van der Waals surface area contributed by atoms with Crippen LogP contribution in [0.3, 0.4) is 0 Å². The highest BCUT2D eigenvalue weighted by molar-refractivity contribution is 7.07. The Hall–Kier alpha value is -2.34. The second-order valence-electron chi connectivity index (χ2n) is 5.43. The van der Waals surface area contributed by atoms with Crippen molar-refractivity contribution >= 4 is 28.8 Å². The molecule has 0 saturated heterocycles. The molecule has 23 heavy (non-hydrogen) atoms. The molecule has 120 valence electrons. The van der Waals surface area contributed by atoms with E-state index in [4.69, 9.17) is 4.74 Å². The Bertz CT molecular complexity index is 700. The van der Waals surface area contributed by atoms with E-state index >= 15 is 0 Å². The lowest BCUT2D eigenvalue weighted by Crippen LogP contribution is -2.41. The first-order chi connectivity index (χ1) is 11.1. The third-order valence-electron chi connectivity index (χ3n) is 3.78. The number of para-hydroxylation sites is 2. The second kappa shape index (κ2) is 6.83. The first-order valence-corrected chi connectivity index (χ1v) is 8.36. The first kappa shape index (κ1) is 15.6. The van der Waals surface area contributed by atoms with Gasteiger partial charge in [-0.3, -0.25) is 9.59 Å². The first-order valence-electron chi connectivity index (χ1n) is 7.42. The molecule has 0 unspecified atom stereocenters. The molecule has 0 N–H and O–H groups in total. The van der Waals surface area contributed by atoms with Crippen LogP contribution in [0.15, 0.2) is 41.1 Å². The predicted octanol–water partition coefficient (Wildman–Crippen LogP) is 2.52. The maximum atomic E-state index is 12.3. The van der Waals surface area contributed by atoms with Gasteiger partial charge in [0.15, 0.2) is 6.61 Å². The minimum Gasteiger partial charge on any atom is -0.482 e. The number of nitrogens with zero attached hydrogens (tertiary/aromatic N) is 2. The largest absolute Gasteiger partial charge is 0.482 e. The Morgan fingerprint density at radius 2 is 2.17 bits per heavy atom. The molecule has 1 aromatic heterocycles. The Balaban J connectivity index is 1.61. The summed E-state index contributed by atoms with van der Waals surface area (Å²) in [5, 5.41) is 4.03. The highest BCUT2D eigenvalue weighted by Crippen LogP contribution is 2.31. The molecule has 1 aromatic carbocycles. The zero-order chi connectivity index (χ0) is 16.2. The molecule has 0 atom stereocenters. The summed E-state index contributed by atoms with van der Waals surface area (Å²) in [5.41, 5.74) is 1.86. The van der Waals surface area contributed by atoms with Crippen LogP contribution in [0.5, 0.6) is 5.75 Å². The van der Waals surface area contributed by atoms with Crippen molar-refractivity contribution in [1.29, 1.82) is 0 Å². The average molecular weight is 330 g/mol. The van der Waals surface area contributed by atoms with E-state index in [0.29, 0.717) is 25.3 Å². The number of benzene rings is 1. The van der Waals surface area contributed by atoms with Crippen molar-refractivity contribution in [1.82, 2.24) is 4.90 Å². The average Bonchev–Trinajstić information content (AvgIpc) is 3.06. The fourth-order valence-corrected chi connectivity index (χ4v) is 3.20. The summed E-state index contributed by atoms with van der Waals surface area (Å²) in [7, 11) is 1.79. The van der Waals surface area contributed by atoms with Crippen LogP contribution in [0, 0.1) is 0 Å². The van der Waals surface area contributed by atoms with Crippen molar-refractivity contribution in [2.75, 3.05) is 25.1 Å². The molecule has 0 bridgehead atoms. The fraction of sp³-hybridized carbons (Fsp3) is 0.294. The number of fused-ring (bicyclic) bond motifs is 1. The Morgan fingerprint density at radius 3 is 2.96 bits per heavy atom. The summed E-state index contributed by atoms with van der Waals surface area (Å²) >= 11 is 1.62. The van der Waals surface area contributed by atoms with Crippen LogP contribution in [0.1, 0.15) is 12.0 Å². The highest BCUT2D eigenvalue weighted by atomic mass is 32.1. The van der Waals surface area contributed by atoms with Gasteiger partial charge in [-0.15, -0.1) is 0 Å². The van der Waals surface area contributed by atoms with E-state index < -0.39 is 0 Å². The SMILES string of the molecule is CN(Cc1ccsc1)C(=O)CCN1C(=O)COc2ccccc21. The Morgan fingerprint density at radius 1 is 1.35 bits per heavy atom. The summed E-state index contributed by atoms with van der Waals surface area (Å²) in [6, 6.07) is 9.41. The molecule has 2 heterocycles. The summed E-state index contributed by atoms with van der Waals surface area (Å²) < 4.78 is 5.40. The lowest BCUT2D eigenvalue weighted by Gasteiger charge is -2.29. The molecular weight excluding hydrogens is 312 g/mol. The van der Waals surface area contributed by atoms with Gasteiger partial charge in [-0.25, -0.2) is 0 Å². The van der Waals surface area contributed by atoms with Crippen LogP contribution < -0.4 is 9.64 Å². The van der Waals surface area contributed by atoms with Gasteiger partial charge in [0.25, 0.3) is 5.91 Å². The van der Waals surface area contributed by atoms with E-state index in [1.165, 1.54) is 0 Å². The second-order valence-corrected chi connectivity index (χ2v) is 6.21. The van der Waals surface area contributed by atoms with Crippen molar-refractivity contribution in [2.45, 2.75) is 13.0 Å². The van der Waals surface area contributed by atoms with E-state index in [0.717, 1.165) is 11.3 Å². The number of anilines is 1. The smallest absolute Gasteiger partial charge is 0.265 e. The van der Waals surface area contributed by atoms with Gasteiger partial charge in [-0.1, -0.05) is 12.1 Å². The molecule has 6 heteroatoms. The van der Waals surface area contributed by atoms with Gasteiger partial charge < -0.3 is 14.5 Å². The molecule has 0 spiro atoms. The molecule has 0 saturated carbocycles. The van der Waals surface area contributed by atoms with E-state index in [9.17, 15) is 9.59 Å². The normalized spacial score (nSPS) is 13.4. The van der Waals surface area contributed by atoms with E-state index in [1.807, 2.05) is 41.1 Å². The molecule has 1 aliphatic rings. The number of carbonyl (C=O) groups is 2. The lowest BCUT2D eigenvalue weighted by molar-refractivity contribution is -0.130. The number of ether oxygens (including phenoxy) is 1. The highest BCUT2D eigenvalue weighted by Gasteiger charge is 2.25. The number of thiophene rings is 1. The van der Waals surface area contributed by atoms with Gasteiger partial charge in [-0.05, 0) is 34.5 Å². The van der Waals surface area contributed by atoms with Gasteiger partial charge in [0.2, 0.25) is 5.91 Å². The topological polar surface area (TPSA) is 49.9 Å². The van der Waals surface area contributed by atoms with Gasteiger partial charge in [0, 0.05) is 26.6 Å². The zero-order valence-electron chi connectivity index (χ0n) is 12.9. The van der Waals surface area contributed by atoms with Crippen LogP contribution in [0.4, 0.5) is 5.69 Å². The number of amides is 2. The molecule has 0 fully saturated rings. The fourth-order valence-electron chi connectivity index (χ4n) is 2.54. The molecule has 2 amide bonds. The van der Waals surface area contributed by atoms with Crippen LogP contribution >= 0.6 is 11.3 Å². The van der Waals surface area contributed by atoms with Gasteiger partial charge in [-0.2, -0.15) is 11.3 Å². The van der Waals surface area contributed by atoms with Crippen molar-refractivity contribution < 1.29 is 14.3 Å². The van der Waals surface area contributed by atoms with Crippen LogP contribution in [0.25, 0.3) is 0 Å². The third kappa shape index (κ3) is 3.53. The Kier molecular flexibility index (Phi) is 4.62. The minimum absolute atomic E-state index is 0.0213.